The van der Waals surface area contributed by atoms with Gasteiger partial charge in [0.15, 0.2) is 0 Å². The Kier molecular flexibility index (Phi) is 4.75. The third-order valence-electron chi connectivity index (χ3n) is 2.69. The molecule has 0 radical (unpaired) electrons. The average Bonchev–Trinajstić information content (AvgIpc) is 3.08. The highest BCUT2D eigenvalue weighted by Crippen LogP contribution is 2.36. The van der Waals surface area contributed by atoms with Gasteiger partial charge >= 0.3 is 0 Å². The number of rotatable bonds is 8. The largest absolute Gasteiger partial charge is 0.377 e. The minimum Gasteiger partial charge on any atom is -0.377 e. The normalized spacial score (nSPS) is 17.3. The van der Waals surface area contributed by atoms with Crippen molar-refractivity contribution in [1.29, 1.82) is 0 Å². The second-order valence-corrected chi connectivity index (χ2v) is 5.15. The number of thioether (sulfide) groups is 1. The molecule has 1 atom stereocenters. The van der Waals surface area contributed by atoms with Crippen molar-refractivity contribution in [3.63, 3.8) is 0 Å². The number of nitrogens with two attached hydrogens (primary N) is 1. The predicted octanol–water partition coefficient (Wildman–Crippen LogP) is 0.854. The fourth-order valence-corrected chi connectivity index (χ4v) is 2.59. The Labute approximate surface area is 105 Å². The van der Waals surface area contributed by atoms with E-state index in [0.717, 1.165) is 17.3 Å². The Hall–Kier alpha value is -0.660. The van der Waals surface area contributed by atoms with Gasteiger partial charge in [0, 0.05) is 18.9 Å². The second kappa shape index (κ2) is 6.32. The molecule has 0 amide bonds. The molecule has 6 nitrogen and oxygen atoms in total. The van der Waals surface area contributed by atoms with Gasteiger partial charge in [0.2, 0.25) is 5.16 Å². The minimum atomic E-state index is 0.151. The maximum atomic E-state index is 5.63. The molecule has 0 saturated heterocycles. The lowest BCUT2D eigenvalue weighted by Crippen LogP contribution is -2.24. The van der Waals surface area contributed by atoms with Gasteiger partial charge in [-0.05, 0) is 36.6 Å². The maximum Gasteiger partial charge on any atom is 0.209 e. The van der Waals surface area contributed by atoms with Crippen molar-refractivity contribution in [2.75, 3.05) is 18.9 Å². The van der Waals surface area contributed by atoms with Crippen molar-refractivity contribution in [1.82, 2.24) is 20.2 Å². The number of tetrazole rings is 1. The Morgan fingerprint density at radius 3 is 3.06 bits per heavy atom. The van der Waals surface area contributed by atoms with Crippen LogP contribution in [0, 0.1) is 0 Å². The van der Waals surface area contributed by atoms with Gasteiger partial charge < -0.3 is 10.5 Å². The molecule has 1 aliphatic carbocycles. The van der Waals surface area contributed by atoms with Crippen molar-refractivity contribution in [2.45, 2.75) is 43.5 Å². The molecule has 7 heteroatoms. The standard InChI is InChI=1S/C10H19N5OS/c1-2-16-9(7-11)5-6-17-10-12-13-14-15(10)8-3-4-8/h8-9H,2-7,11H2,1H3. The third-order valence-corrected chi connectivity index (χ3v) is 3.66. The topological polar surface area (TPSA) is 78.8 Å². The van der Waals surface area contributed by atoms with E-state index in [4.69, 9.17) is 10.5 Å². The van der Waals surface area contributed by atoms with Gasteiger partial charge in [-0.3, -0.25) is 0 Å². The lowest BCUT2D eigenvalue weighted by Gasteiger charge is -2.13. The molecule has 17 heavy (non-hydrogen) atoms. The van der Waals surface area contributed by atoms with Crippen molar-refractivity contribution >= 4 is 11.8 Å². The summed E-state index contributed by atoms with van der Waals surface area (Å²) in [7, 11) is 0. The molecular weight excluding hydrogens is 238 g/mol. The van der Waals surface area contributed by atoms with Crippen LogP contribution in [-0.2, 0) is 4.74 Å². The fourth-order valence-electron chi connectivity index (χ4n) is 1.62. The molecule has 0 aliphatic heterocycles. The van der Waals surface area contributed by atoms with Crippen LogP contribution in [0.1, 0.15) is 32.2 Å². The Bertz CT molecular complexity index is 341. The van der Waals surface area contributed by atoms with Crippen LogP contribution in [-0.4, -0.2) is 45.2 Å². The quantitative estimate of drug-likeness (QED) is 0.696. The molecule has 2 N–H and O–H groups in total. The Morgan fingerprint density at radius 2 is 2.41 bits per heavy atom. The summed E-state index contributed by atoms with van der Waals surface area (Å²) < 4.78 is 7.44. The predicted molar refractivity (Wildman–Crippen MR) is 65.9 cm³/mol. The average molecular weight is 257 g/mol. The highest BCUT2D eigenvalue weighted by Gasteiger charge is 2.27. The molecule has 96 valence electrons. The van der Waals surface area contributed by atoms with Crippen LogP contribution in [0.3, 0.4) is 0 Å². The van der Waals surface area contributed by atoms with Crippen LogP contribution >= 0.6 is 11.8 Å². The third kappa shape index (κ3) is 3.65. The van der Waals surface area contributed by atoms with E-state index >= 15 is 0 Å². The second-order valence-electron chi connectivity index (χ2n) is 4.09. The van der Waals surface area contributed by atoms with Crippen LogP contribution < -0.4 is 5.73 Å². The van der Waals surface area contributed by atoms with Gasteiger partial charge in [0.1, 0.15) is 0 Å². The van der Waals surface area contributed by atoms with E-state index in [-0.39, 0.29) is 6.10 Å². The Morgan fingerprint density at radius 1 is 1.59 bits per heavy atom. The maximum absolute atomic E-state index is 5.63. The molecule has 0 aromatic carbocycles. The van der Waals surface area contributed by atoms with E-state index < -0.39 is 0 Å². The molecule has 0 spiro atoms. The van der Waals surface area contributed by atoms with E-state index in [2.05, 4.69) is 15.5 Å². The van der Waals surface area contributed by atoms with Gasteiger partial charge in [-0.2, -0.15) is 0 Å². The number of hydrogen-bond acceptors (Lipinski definition) is 6. The molecule has 1 unspecified atom stereocenters. The van der Waals surface area contributed by atoms with Crippen molar-refractivity contribution in [3.8, 4) is 0 Å². The first kappa shape index (κ1) is 12.8. The number of nitrogens with zero attached hydrogens (tertiary/aromatic N) is 4. The molecule has 1 aliphatic rings. The van der Waals surface area contributed by atoms with Crippen molar-refractivity contribution in [3.05, 3.63) is 0 Å². The minimum absolute atomic E-state index is 0.151. The monoisotopic (exact) mass is 257 g/mol. The van der Waals surface area contributed by atoms with Gasteiger partial charge in [-0.1, -0.05) is 11.8 Å². The summed E-state index contributed by atoms with van der Waals surface area (Å²) in [5.74, 6) is 0.939. The SMILES string of the molecule is CCOC(CN)CCSc1nnnn1C1CC1. The van der Waals surface area contributed by atoms with Gasteiger partial charge in [-0.25, -0.2) is 4.68 Å². The first-order chi connectivity index (χ1) is 8.35. The molecule has 1 heterocycles. The lowest BCUT2D eigenvalue weighted by molar-refractivity contribution is 0.0674. The van der Waals surface area contributed by atoms with Gasteiger partial charge in [-0.15, -0.1) is 5.10 Å². The summed E-state index contributed by atoms with van der Waals surface area (Å²) >= 11 is 1.68. The molecular formula is C10H19N5OS. The highest BCUT2D eigenvalue weighted by molar-refractivity contribution is 7.99. The van der Waals surface area contributed by atoms with Crippen LogP contribution in [0.5, 0.6) is 0 Å². The van der Waals surface area contributed by atoms with Crippen LogP contribution in [0.15, 0.2) is 5.16 Å². The van der Waals surface area contributed by atoms with E-state index in [9.17, 15) is 0 Å². The molecule has 1 aromatic heterocycles. The summed E-state index contributed by atoms with van der Waals surface area (Å²) in [6.07, 6.45) is 3.48. The van der Waals surface area contributed by atoms with Crippen LogP contribution in [0.2, 0.25) is 0 Å². The van der Waals surface area contributed by atoms with E-state index in [0.29, 0.717) is 19.2 Å². The molecule has 1 aromatic rings. The number of aromatic nitrogens is 4. The summed E-state index contributed by atoms with van der Waals surface area (Å²) in [5, 5.41) is 12.7. The van der Waals surface area contributed by atoms with E-state index in [1.807, 2.05) is 11.6 Å². The molecule has 0 bridgehead atoms. The van der Waals surface area contributed by atoms with Crippen molar-refractivity contribution < 1.29 is 4.74 Å². The van der Waals surface area contributed by atoms with Crippen LogP contribution in [0.25, 0.3) is 0 Å². The molecule has 2 rings (SSSR count). The number of ether oxygens (including phenoxy) is 1. The van der Waals surface area contributed by atoms with Gasteiger partial charge in [0.05, 0.1) is 12.1 Å². The smallest absolute Gasteiger partial charge is 0.209 e. The summed E-state index contributed by atoms with van der Waals surface area (Å²) in [4.78, 5) is 0. The highest BCUT2D eigenvalue weighted by atomic mass is 32.2. The van der Waals surface area contributed by atoms with Gasteiger partial charge in [0.25, 0.3) is 0 Å². The van der Waals surface area contributed by atoms with E-state index in [1.54, 1.807) is 11.8 Å². The van der Waals surface area contributed by atoms with Crippen molar-refractivity contribution in [2.24, 2.45) is 5.73 Å². The summed E-state index contributed by atoms with van der Waals surface area (Å²) in [6, 6.07) is 0.532. The zero-order valence-electron chi connectivity index (χ0n) is 10.1. The Balaban J connectivity index is 1.75. The molecule has 1 fully saturated rings. The van der Waals surface area contributed by atoms with Crippen LogP contribution in [0.4, 0.5) is 0 Å². The zero-order valence-corrected chi connectivity index (χ0v) is 10.9. The lowest BCUT2D eigenvalue weighted by atomic mass is 10.3. The molecule has 1 saturated carbocycles. The number of hydrogen-bond donors (Lipinski definition) is 1. The summed E-state index contributed by atoms with van der Waals surface area (Å²) in [6.45, 7) is 3.28. The fraction of sp³-hybridized carbons (Fsp3) is 0.900. The first-order valence-corrected chi connectivity index (χ1v) is 7.06. The summed E-state index contributed by atoms with van der Waals surface area (Å²) in [5.41, 5.74) is 5.63. The first-order valence-electron chi connectivity index (χ1n) is 6.07. The zero-order chi connectivity index (χ0) is 12.1. The van der Waals surface area contributed by atoms with E-state index in [1.165, 1.54) is 12.8 Å².